The average molecular weight is 311 g/mol. The van der Waals surface area contributed by atoms with Crippen molar-refractivity contribution in [3.05, 3.63) is 63.1 Å². The van der Waals surface area contributed by atoms with Gasteiger partial charge in [0, 0.05) is 15.6 Å². The fraction of sp³-hybridized carbons (Fsp3) is 0. The van der Waals surface area contributed by atoms with Crippen LogP contribution in [0, 0.1) is 0 Å². The Morgan fingerprint density at radius 3 is 2.47 bits per heavy atom. The number of benzene rings is 2. The molecule has 0 aliphatic heterocycles. The number of ketones is 1. The SMILES string of the molecule is Nc1c(Cl)cc(Br)cc1C(=O)c1ccccc1. The number of hydrogen-bond donors (Lipinski definition) is 1. The zero-order valence-corrected chi connectivity index (χ0v) is 11.1. The molecule has 2 aromatic rings. The maximum absolute atomic E-state index is 12.2. The fourth-order valence-electron chi connectivity index (χ4n) is 1.52. The monoisotopic (exact) mass is 309 g/mol. The van der Waals surface area contributed by atoms with Crippen molar-refractivity contribution in [2.45, 2.75) is 0 Å². The molecule has 86 valence electrons. The molecule has 0 saturated heterocycles. The molecule has 2 nitrogen and oxygen atoms in total. The molecule has 0 saturated carbocycles. The lowest BCUT2D eigenvalue weighted by Gasteiger charge is -2.07. The summed E-state index contributed by atoms with van der Waals surface area (Å²) in [6.45, 7) is 0. The summed E-state index contributed by atoms with van der Waals surface area (Å²) in [7, 11) is 0. The summed E-state index contributed by atoms with van der Waals surface area (Å²) in [5, 5.41) is 0.374. The van der Waals surface area contributed by atoms with E-state index >= 15 is 0 Å². The van der Waals surface area contributed by atoms with Crippen molar-refractivity contribution in [3.63, 3.8) is 0 Å². The number of hydrogen-bond acceptors (Lipinski definition) is 2. The lowest BCUT2D eigenvalue weighted by Crippen LogP contribution is -2.05. The Morgan fingerprint density at radius 2 is 1.82 bits per heavy atom. The Kier molecular flexibility index (Phi) is 3.50. The molecule has 2 aromatic carbocycles. The van der Waals surface area contributed by atoms with Gasteiger partial charge >= 0.3 is 0 Å². The van der Waals surface area contributed by atoms with Gasteiger partial charge in [-0.2, -0.15) is 0 Å². The molecule has 0 aromatic heterocycles. The van der Waals surface area contributed by atoms with Crippen LogP contribution in [0.1, 0.15) is 15.9 Å². The summed E-state index contributed by atoms with van der Waals surface area (Å²) in [5.74, 6) is -0.133. The van der Waals surface area contributed by atoms with E-state index in [1.807, 2.05) is 18.2 Å². The summed E-state index contributed by atoms with van der Waals surface area (Å²) < 4.78 is 0.732. The van der Waals surface area contributed by atoms with Crippen molar-refractivity contribution in [1.82, 2.24) is 0 Å². The van der Waals surface area contributed by atoms with Crippen molar-refractivity contribution < 1.29 is 4.79 Å². The minimum atomic E-state index is -0.133. The highest BCUT2D eigenvalue weighted by molar-refractivity contribution is 9.10. The number of carbonyl (C=O) groups is 1. The van der Waals surface area contributed by atoms with Gasteiger partial charge in [-0.3, -0.25) is 4.79 Å². The van der Waals surface area contributed by atoms with E-state index in [0.29, 0.717) is 21.8 Å². The van der Waals surface area contributed by atoms with Gasteiger partial charge in [0.15, 0.2) is 5.78 Å². The van der Waals surface area contributed by atoms with Gasteiger partial charge in [-0.25, -0.2) is 0 Å². The number of carbonyl (C=O) groups excluding carboxylic acids is 1. The summed E-state index contributed by atoms with van der Waals surface area (Å²) in [5.41, 5.74) is 7.13. The molecule has 17 heavy (non-hydrogen) atoms. The van der Waals surface area contributed by atoms with E-state index in [9.17, 15) is 4.79 Å². The second-order valence-corrected chi connectivity index (χ2v) is 4.87. The van der Waals surface area contributed by atoms with E-state index in [0.717, 1.165) is 4.47 Å². The Balaban J connectivity index is 2.52. The van der Waals surface area contributed by atoms with Crippen molar-refractivity contribution in [3.8, 4) is 0 Å². The molecule has 0 aliphatic carbocycles. The van der Waals surface area contributed by atoms with Crippen LogP contribution in [0.15, 0.2) is 46.9 Å². The third-order valence-electron chi connectivity index (χ3n) is 2.37. The quantitative estimate of drug-likeness (QED) is 0.675. The third-order valence-corrected chi connectivity index (χ3v) is 3.15. The van der Waals surface area contributed by atoms with Gasteiger partial charge in [0.1, 0.15) is 0 Å². The molecule has 0 heterocycles. The number of halogens is 2. The molecule has 2 rings (SSSR count). The van der Waals surface area contributed by atoms with Crippen LogP contribution in [0.5, 0.6) is 0 Å². The van der Waals surface area contributed by atoms with Crippen molar-refractivity contribution in [2.75, 3.05) is 5.73 Å². The van der Waals surface area contributed by atoms with E-state index in [4.69, 9.17) is 17.3 Å². The summed E-state index contributed by atoms with van der Waals surface area (Å²) >= 11 is 9.24. The van der Waals surface area contributed by atoms with Gasteiger partial charge in [-0.15, -0.1) is 0 Å². The third kappa shape index (κ3) is 2.51. The van der Waals surface area contributed by atoms with Gasteiger partial charge in [-0.05, 0) is 12.1 Å². The predicted octanol–water partition coefficient (Wildman–Crippen LogP) is 3.92. The van der Waals surface area contributed by atoms with Crippen LogP contribution in [0.4, 0.5) is 5.69 Å². The molecule has 0 atom stereocenters. The molecule has 0 radical (unpaired) electrons. The Morgan fingerprint density at radius 1 is 1.18 bits per heavy atom. The van der Waals surface area contributed by atoms with Gasteiger partial charge in [0.2, 0.25) is 0 Å². The maximum atomic E-state index is 12.2. The summed E-state index contributed by atoms with van der Waals surface area (Å²) in [6.07, 6.45) is 0. The van der Waals surface area contributed by atoms with Crippen molar-refractivity contribution >= 4 is 39.0 Å². The number of anilines is 1. The average Bonchev–Trinajstić information content (AvgIpc) is 2.34. The van der Waals surface area contributed by atoms with E-state index < -0.39 is 0 Å². The summed E-state index contributed by atoms with van der Waals surface area (Å²) in [6, 6.07) is 12.3. The first kappa shape index (κ1) is 12.1. The normalized spacial score (nSPS) is 10.2. The van der Waals surface area contributed by atoms with Crippen LogP contribution in [0.2, 0.25) is 5.02 Å². The first-order valence-electron chi connectivity index (χ1n) is 4.94. The topological polar surface area (TPSA) is 43.1 Å². The van der Waals surface area contributed by atoms with Crippen LogP contribution in [-0.2, 0) is 0 Å². The highest BCUT2D eigenvalue weighted by Gasteiger charge is 2.14. The van der Waals surface area contributed by atoms with E-state index in [1.165, 1.54) is 0 Å². The van der Waals surface area contributed by atoms with Crippen LogP contribution < -0.4 is 5.73 Å². The van der Waals surface area contributed by atoms with E-state index in [-0.39, 0.29) is 5.78 Å². The van der Waals surface area contributed by atoms with Crippen LogP contribution in [0.3, 0.4) is 0 Å². The van der Waals surface area contributed by atoms with Gasteiger partial charge in [-0.1, -0.05) is 57.9 Å². The second kappa shape index (κ2) is 4.90. The summed E-state index contributed by atoms with van der Waals surface area (Å²) in [4.78, 5) is 12.2. The highest BCUT2D eigenvalue weighted by Crippen LogP contribution is 2.29. The Hall–Kier alpha value is -1.32. The standard InChI is InChI=1S/C13H9BrClNO/c14-9-6-10(12(16)11(15)7-9)13(17)8-4-2-1-3-5-8/h1-7H,16H2. The zero-order valence-electron chi connectivity index (χ0n) is 8.78. The molecular formula is C13H9BrClNO. The van der Waals surface area contributed by atoms with Gasteiger partial charge in [0.25, 0.3) is 0 Å². The first-order chi connectivity index (χ1) is 8.09. The minimum Gasteiger partial charge on any atom is -0.397 e. The van der Waals surface area contributed by atoms with Crippen LogP contribution in [-0.4, -0.2) is 5.78 Å². The molecule has 0 spiro atoms. The number of rotatable bonds is 2. The fourth-order valence-corrected chi connectivity index (χ4v) is 2.33. The van der Waals surface area contributed by atoms with Gasteiger partial charge in [0.05, 0.1) is 10.7 Å². The Labute approximate surface area is 113 Å². The Bertz CT molecular complexity index is 569. The van der Waals surface area contributed by atoms with Gasteiger partial charge < -0.3 is 5.73 Å². The molecule has 2 N–H and O–H groups in total. The predicted molar refractivity (Wildman–Crippen MR) is 73.4 cm³/mol. The van der Waals surface area contributed by atoms with E-state index in [2.05, 4.69) is 15.9 Å². The molecule has 0 fully saturated rings. The van der Waals surface area contributed by atoms with Crippen LogP contribution in [0.25, 0.3) is 0 Å². The zero-order chi connectivity index (χ0) is 12.4. The molecule has 0 aliphatic rings. The maximum Gasteiger partial charge on any atom is 0.195 e. The molecule has 0 amide bonds. The molecule has 4 heteroatoms. The van der Waals surface area contributed by atoms with E-state index in [1.54, 1.807) is 24.3 Å². The molecular weight excluding hydrogens is 302 g/mol. The first-order valence-corrected chi connectivity index (χ1v) is 6.11. The minimum absolute atomic E-state index is 0.133. The number of nitrogens with two attached hydrogens (primary N) is 1. The largest absolute Gasteiger partial charge is 0.397 e. The van der Waals surface area contributed by atoms with Crippen molar-refractivity contribution in [2.24, 2.45) is 0 Å². The molecule has 0 bridgehead atoms. The highest BCUT2D eigenvalue weighted by atomic mass is 79.9. The lowest BCUT2D eigenvalue weighted by atomic mass is 10.0. The van der Waals surface area contributed by atoms with Crippen molar-refractivity contribution in [1.29, 1.82) is 0 Å². The molecule has 0 unspecified atom stereocenters. The second-order valence-electron chi connectivity index (χ2n) is 3.54. The smallest absolute Gasteiger partial charge is 0.195 e. The number of nitrogen functional groups attached to an aromatic ring is 1. The lowest BCUT2D eigenvalue weighted by molar-refractivity contribution is 0.103. The van der Waals surface area contributed by atoms with Crippen LogP contribution >= 0.6 is 27.5 Å².